The largest absolute Gasteiger partial charge is 0.478 e. The minimum absolute atomic E-state index is 0.0892. The topological polar surface area (TPSA) is 139 Å². The number of carbonyl (C=O) groups excluding carboxylic acids is 1. The molecular formula is C13H20N2O6. The molecule has 0 bridgehead atoms. The van der Waals surface area contributed by atoms with Crippen LogP contribution in [0.25, 0.3) is 0 Å². The van der Waals surface area contributed by atoms with Gasteiger partial charge in [-0.15, -0.1) is 0 Å². The summed E-state index contributed by atoms with van der Waals surface area (Å²) < 4.78 is 5.04. The molecule has 1 atom stereocenters. The fraction of sp³-hybridized carbons (Fsp3) is 0.615. The van der Waals surface area contributed by atoms with E-state index in [0.29, 0.717) is 6.42 Å². The Bertz CT molecular complexity index is 505. The van der Waals surface area contributed by atoms with E-state index < -0.39 is 34.9 Å². The fourth-order valence-corrected chi connectivity index (χ4v) is 2.21. The lowest BCUT2D eigenvalue weighted by atomic mass is 9.82. The highest BCUT2D eigenvalue weighted by molar-refractivity contribution is 6.01. The minimum Gasteiger partial charge on any atom is -0.478 e. The zero-order chi connectivity index (χ0) is 16.4. The van der Waals surface area contributed by atoms with E-state index in [2.05, 4.69) is 5.32 Å². The third kappa shape index (κ3) is 4.19. The van der Waals surface area contributed by atoms with Gasteiger partial charge in [0, 0.05) is 0 Å². The Morgan fingerprint density at radius 1 is 1.24 bits per heavy atom. The Morgan fingerprint density at radius 2 is 1.81 bits per heavy atom. The molecular weight excluding hydrogens is 280 g/mol. The van der Waals surface area contributed by atoms with Crippen LogP contribution in [0, 0.1) is 0 Å². The molecule has 1 rings (SSSR count). The second-order valence-electron chi connectivity index (χ2n) is 5.92. The van der Waals surface area contributed by atoms with Crippen molar-refractivity contribution in [3.05, 3.63) is 11.1 Å². The molecule has 0 aromatic carbocycles. The summed E-state index contributed by atoms with van der Waals surface area (Å²) in [6.45, 7) is 4.94. The van der Waals surface area contributed by atoms with Gasteiger partial charge in [0.2, 0.25) is 0 Å². The normalized spacial score (nSPS) is 22.7. The molecule has 0 aliphatic heterocycles. The van der Waals surface area contributed by atoms with Gasteiger partial charge in [0.15, 0.2) is 0 Å². The Hall–Kier alpha value is -2.09. The molecule has 1 aliphatic rings. The van der Waals surface area contributed by atoms with Crippen molar-refractivity contribution in [2.24, 2.45) is 5.73 Å². The van der Waals surface area contributed by atoms with Gasteiger partial charge in [-0.1, -0.05) is 0 Å². The van der Waals surface area contributed by atoms with Crippen molar-refractivity contribution in [2.45, 2.75) is 51.3 Å². The number of carbonyl (C=O) groups is 3. The first-order valence-electron chi connectivity index (χ1n) is 6.46. The van der Waals surface area contributed by atoms with Gasteiger partial charge >= 0.3 is 18.0 Å². The van der Waals surface area contributed by atoms with E-state index >= 15 is 0 Å². The second kappa shape index (κ2) is 5.72. The molecule has 1 unspecified atom stereocenters. The molecule has 0 aromatic heterocycles. The van der Waals surface area contributed by atoms with E-state index in [4.69, 9.17) is 15.6 Å². The van der Waals surface area contributed by atoms with Crippen molar-refractivity contribution in [3.8, 4) is 0 Å². The molecule has 0 spiro atoms. The molecule has 0 heterocycles. The summed E-state index contributed by atoms with van der Waals surface area (Å²) in [5, 5.41) is 20.6. The second-order valence-corrected chi connectivity index (χ2v) is 5.92. The molecule has 1 amide bonds. The summed E-state index contributed by atoms with van der Waals surface area (Å²) in [5.74, 6) is -2.82. The summed E-state index contributed by atoms with van der Waals surface area (Å²) in [7, 11) is 0. The van der Waals surface area contributed by atoms with E-state index in [1.807, 2.05) is 0 Å². The summed E-state index contributed by atoms with van der Waals surface area (Å²) in [6, 6.07) is 0. The lowest BCUT2D eigenvalue weighted by Gasteiger charge is -2.36. The molecule has 0 saturated heterocycles. The molecule has 0 aromatic rings. The number of hydrogen-bond donors (Lipinski definition) is 4. The number of rotatable bonds is 3. The van der Waals surface area contributed by atoms with Crippen molar-refractivity contribution >= 4 is 18.0 Å². The van der Waals surface area contributed by atoms with Crippen molar-refractivity contribution in [2.75, 3.05) is 0 Å². The average Bonchev–Trinajstić information content (AvgIpc) is 2.23. The molecule has 8 heteroatoms. The van der Waals surface area contributed by atoms with Gasteiger partial charge in [0.05, 0.1) is 11.1 Å². The molecule has 0 saturated carbocycles. The number of nitrogens with two attached hydrogens (primary N) is 1. The third-order valence-corrected chi connectivity index (χ3v) is 2.94. The number of hydrogen-bond acceptors (Lipinski definition) is 5. The van der Waals surface area contributed by atoms with E-state index in [1.165, 1.54) is 0 Å². The van der Waals surface area contributed by atoms with Crippen LogP contribution in [0.1, 0.15) is 40.0 Å². The van der Waals surface area contributed by atoms with Gasteiger partial charge in [0.25, 0.3) is 0 Å². The highest BCUT2D eigenvalue weighted by atomic mass is 16.6. The van der Waals surface area contributed by atoms with E-state index in [0.717, 1.165) is 0 Å². The Labute approximate surface area is 121 Å². The number of carboxylic acids is 2. The zero-order valence-corrected chi connectivity index (χ0v) is 12.2. The van der Waals surface area contributed by atoms with E-state index in [1.54, 1.807) is 20.8 Å². The molecule has 5 N–H and O–H groups in total. The first-order valence-corrected chi connectivity index (χ1v) is 6.46. The highest BCUT2D eigenvalue weighted by Gasteiger charge is 2.43. The third-order valence-electron chi connectivity index (χ3n) is 2.94. The Kier molecular flexibility index (Phi) is 4.62. The number of amides is 1. The SMILES string of the molecule is CC(C)(C)OC(=O)NC1(N)CCCC(C(=O)O)=C1C(=O)O. The predicted octanol–water partition coefficient (Wildman–Crippen LogP) is 0.816. The smallest absolute Gasteiger partial charge is 0.409 e. The summed E-state index contributed by atoms with van der Waals surface area (Å²) in [4.78, 5) is 34.3. The van der Waals surface area contributed by atoms with Crippen molar-refractivity contribution < 1.29 is 29.3 Å². The highest BCUT2D eigenvalue weighted by Crippen LogP contribution is 2.31. The maximum Gasteiger partial charge on any atom is 0.409 e. The predicted molar refractivity (Wildman–Crippen MR) is 72.4 cm³/mol. The number of aliphatic carboxylic acids is 2. The van der Waals surface area contributed by atoms with Crippen LogP contribution in [0.5, 0.6) is 0 Å². The Morgan fingerprint density at radius 3 is 2.24 bits per heavy atom. The van der Waals surface area contributed by atoms with Crippen LogP contribution >= 0.6 is 0 Å². The first-order chi connectivity index (χ1) is 9.46. The van der Waals surface area contributed by atoms with Crippen molar-refractivity contribution in [1.29, 1.82) is 0 Å². The van der Waals surface area contributed by atoms with Gasteiger partial charge in [-0.25, -0.2) is 14.4 Å². The van der Waals surface area contributed by atoms with Crippen LogP contribution in [0.15, 0.2) is 11.1 Å². The molecule has 1 aliphatic carbocycles. The van der Waals surface area contributed by atoms with Crippen LogP contribution < -0.4 is 11.1 Å². The van der Waals surface area contributed by atoms with Crippen molar-refractivity contribution in [3.63, 3.8) is 0 Å². The van der Waals surface area contributed by atoms with Gasteiger partial charge in [-0.3, -0.25) is 5.32 Å². The van der Waals surface area contributed by atoms with Crippen LogP contribution in [-0.4, -0.2) is 39.5 Å². The standard InChI is InChI=1S/C13H20N2O6/c1-12(2,3)21-11(20)15-13(14)6-4-5-7(9(16)17)8(13)10(18)19/h4-6,14H2,1-3H3,(H,15,20)(H,16,17)(H,18,19). The monoisotopic (exact) mass is 300 g/mol. The van der Waals surface area contributed by atoms with Crippen LogP contribution in [0.2, 0.25) is 0 Å². The summed E-state index contributed by atoms with van der Waals surface area (Å²) in [5.41, 5.74) is 2.59. The molecule has 0 fully saturated rings. The lowest BCUT2D eigenvalue weighted by molar-refractivity contribution is -0.137. The van der Waals surface area contributed by atoms with Crippen LogP contribution in [0.3, 0.4) is 0 Å². The fourth-order valence-electron chi connectivity index (χ4n) is 2.21. The van der Waals surface area contributed by atoms with E-state index in [9.17, 15) is 19.5 Å². The summed E-state index contributed by atoms with van der Waals surface area (Å²) in [6.07, 6.45) is -0.336. The number of ether oxygens (including phenoxy) is 1. The Balaban J connectivity index is 3.12. The lowest BCUT2D eigenvalue weighted by Crippen LogP contribution is -2.61. The minimum atomic E-state index is -1.76. The number of alkyl carbamates (subject to hydrolysis) is 1. The average molecular weight is 300 g/mol. The van der Waals surface area contributed by atoms with Crippen LogP contribution in [0.4, 0.5) is 4.79 Å². The maximum atomic E-state index is 11.8. The molecule has 21 heavy (non-hydrogen) atoms. The molecule has 8 nitrogen and oxygen atoms in total. The van der Waals surface area contributed by atoms with Gasteiger partial charge in [-0.05, 0) is 40.0 Å². The molecule has 118 valence electrons. The van der Waals surface area contributed by atoms with E-state index in [-0.39, 0.29) is 18.4 Å². The van der Waals surface area contributed by atoms with Gasteiger partial charge in [0.1, 0.15) is 11.3 Å². The van der Waals surface area contributed by atoms with Crippen LogP contribution in [-0.2, 0) is 14.3 Å². The molecule has 0 radical (unpaired) electrons. The van der Waals surface area contributed by atoms with Crippen molar-refractivity contribution in [1.82, 2.24) is 5.32 Å². The summed E-state index contributed by atoms with van der Waals surface area (Å²) >= 11 is 0. The maximum absolute atomic E-state index is 11.8. The number of nitrogens with one attached hydrogen (secondary N) is 1. The van der Waals surface area contributed by atoms with Gasteiger partial charge in [-0.2, -0.15) is 0 Å². The quantitative estimate of drug-likeness (QED) is 0.566. The zero-order valence-electron chi connectivity index (χ0n) is 12.2. The van der Waals surface area contributed by atoms with Gasteiger partial charge < -0.3 is 20.7 Å². The number of carboxylic acid groups (broad SMARTS) is 2. The first kappa shape index (κ1) is 17.0.